The van der Waals surface area contributed by atoms with Gasteiger partial charge in [0, 0.05) is 0 Å². The van der Waals surface area contributed by atoms with Crippen molar-refractivity contribution < 1.29 is 29.3 Å². The molecule has 0 amide bonds. The van der Waals surface area contributed by atoms with Crippen LogP contribution in [0.2, 0.25) is 0 Å². The van der Waals surface area contributed by atoms with Crippen LogP contribution in [0.1, 0.15) is 78.1 Å². The zero-order valence-electron chi connectivity index (χ0n) is 23.7. The largest absolute Gasteiger partial charge is 0.465 e. The highest BCUT2D eigenvalue weighted by Crippen LogP contribution is 2.69. The molecule has 18 atom stereocenters. The third-order valence-electron chi connectivity index (χ3n) is 14.3. The Kier molecular flexibility index (Phi) is 6.02. The van der Waals surface area contributed by atoms with E-state index in [4.69, 9.17) is 9.47 Å². The van der Waals surface area contributed by atoms with Crippen LogP contribution in [0.25, 0.3) is 0 Å². The lowest BCUT2D eigenvalue weighted by molar-refractivity contribution is -0.160. The third kappa shape index (κ3) is 3.64. The van der Waals surface area contributed by atoms with Crippen molar-refractivity contribution in [2.24, 2.45) is 88.8 Å². The van der Waals surface area contributed by atoms with Crippen molar-refractivity contribution in [2.45, 2.75) is 96.4 Å². The molecule has 0 saturated heterocycles. The molecular formula is C33H48O6. The van der Waals surface area contributed by atoms with Gasteiger partial charge in [0.2, 0.25) is 0 Å². The number of carbonyl (C=O) groups is 2. The number of carbonyl (C=O) groups excluding carboxylic acids is 2. The molecule has 8 aliphatic rings. The molecule has 0 aromatic carbocycles. The van der Waals surface area contributed by atoms with Gasteiger partial charge in [0.05, 0.1) is 30.7 Å². The van der Waals surface area contributed by atoms with Gasteiger partial charge in [0.25, 0.3) is 0 Å². The van der Waals surface area contributed by atoms with Crippen molar-refractivity contribution in [3.05, 3.63) is 0 Å². The van der Waals surface area contributed by atoms with E-state index in [0.717, 1.165) is 55.3 Å². The van der Waals surface area contributed by atoms with Crippen LogP contribution < -0.4 is 0 Å². The molecule has 8 rings (SSSR count). The second-order valence-electron chi connectivity index (χ2n) is 15.6. The van der Waals surface area contributed by atoms with E-state index in [1.807, 2.05) is 13.8 Å². The molecule has 0 aromatic heterocycles. The first-order chi connectivity index (χ1) is 18.8. The second kappa shape index (κ2) is 9.18. The maximum absolute atomic E-state index is 13.2. The predicted octanol–water partition coefficient (Wildman–Crippen LogP) is 4.46. The number of hydrogen-bond acceptors (Lipinski definition) is 6. The Morgan fingerprint density at radius 3 is 2.18 bits per heavy atom. The van der Waals surface area contributed by atoms with Gasteiger partial charge < -0.3 is 19.7 Å². The van der Waals surface area contributed by atoms with Gasteiger partial charge in [-0.2, -0.15) is 0 Å². The van der Waals surface area contributed by atoms with Gasteiger partial charge in [-0.05, 0) is 141 Å². The molecule has 8 fully saturated rings. The summed E-state index contributed by atoms with van der Waals surface area (Å²) >= 11 is 0. The van der Waals surface area contributed by atoms with Crippen molar-refractivity contribution in [2.75, 3.05) is 6.61 Å². The van der Waals surface area contributed by atoms with E-state index in [2.05, 4.69) is 0 Å². The molecule has 39 heavy (non-hydrogen) atoms. The lowest BCUT2D eigenvalue weighted by Gasteiger charge is -2.42. The molecule has 6 heteroatoms. The first-order valence-corrected chi connectivity index (χ1v) is 16.6. The van der Waals surface area contributed by atoms with E-state index in [1.165, 1.54) is 25.7 Å². The Labute approximate surface area is 233 Å². The Hall–Kier alpha value is -1.14. The number of fused-ring (bicyclic) bond motifs is 18. The quantitative estimate of drug-likeness (QED) is 0.349. The molecule has 8 saturated carbocycles. The lowest BCUT2D eigenvalue weighted by Crippen LogP contribution is -2.46. The molecule has 0 aliphatic heterocycles. The number of hydrogen-bond donors (Lipinski definition) is 2. The van der Waals surface area contributed by atoms with Gasteiger partial charge in [-0.3, -0.25) is 9.59 Å². The SMILES string of the molecule is CCC(CC(C)C(=O)OC1CC2CC1C1C3CCC(C3)C21)C(=O)OCC1CC2CC1C1C3CC(C(O)C3O)C21. The summed E-state index contributed by atoms with van der Waals surface area (Å²) < 4.78 is 12.1. The summed E-state index contributed by atoms with van der Waals surface area (Å²) in [5, 5.41) is 20.9. The van der Waals surface area contributed by atoms with Crippen LogP contribution in [-0.2, 0) is 19.1 Å². The van der Waals surface area contributed by atoms with E-state index in [9.17, 15) is 19.8 Å². The molecular weight excluding hydrogens is 492 g/mol. The van der Waals surface area contributed by atoms with E-state index in [-0.39, 0.29) is 41.7 Å². The summed E-state index contributed by atoms with van der Waals surface area (Å²) in [7, 11) is 0. The van der Waals surface area contributed by atoms with E-state index < -0.39 is 12.2 Å². The number of aliphatic hydroxyl groups is 2. The van der Waals surface area contributed by atoms with Crippen LogP contribution in [0.3, 0.4) is 0 Å². The lowest BCUT2D eigenvalue weighted by atomic mass is 9.66. The molecule has 8 bridgehead atoms. The molecule has 8 aliphatic carbocycles. The molecule has 0 aromatic rings. The summed E-state index contributed by atoms with van der Waals surface area (Å²) in [4.78, 5) is 26.3. The maximum Gasteiger partial charge on any atom is 0.308 e. The van der Waals surface area contributed by atoms with Crippen LogP contribution in [0.5, 0.6) is 0 Å². The van der Waals surface area contributed by atoms with Crippen LogP contribution in [0, 0.1) is 88.8 Å². The molecule has 0 spiro atoms. The summed E-state index contributed by atoms with van der Waals surface area (Å²) in [6.07, 6.45) is 9.96. The third-order valence-corrected chi connectivity index (χ3v) is 14.3. The van der Waals surface area contributed by atoms with Gasteiger partial charge in [-0.25, -0.2) is 0 Å². The van der Waals surface area contributed by atoms with E-state index in [1.54, 1.807) is 0 Å². The highest BCUT2D eigenvalue weighted by molar-refractivity contribution is 5.76. The van der Waals surface area contributed by atoms with Crippen molar-refractivity contribution in [1.82, 2.24) is 0 Å². The highest BCUT2D eigenvalue weighted by atomic mass is 16.5. The van der Waals surface area contributed by atoms with Gasteiger partial charge in [-0.15, -0.1) is 0 Å². The zero-order chi connectivity index (χ0) is 26.7. The van der Waals surface area contributed by atoms with E-state index in [0.29, 0.717) is 55.0 Å². The van der Waals surface area contributed by atoms with Gasteiger partial charge in [0.15, 0.2) is 0 Å². The molecule has 0 heterocycles. The fourth-order valence-corrected chi connectivity index (χ4v) is 13.1. The van der Waals surface area contributed by atoms with Crippen LogP contribution >= 0.6 is 0 Å². The van der Waals surface area contributed by atoms with Crippen molar-refractivity contribution in [1.29, 1.82) is 0 Å². The normalized spacial score (nSPS) is 54.7. The summed E-state index contributed by atoms with van der Waals surface area (Å²) in [6, 6.07) is 0. The number of rotatable bonds is 8. The highest BCUT2D eigenvalue weighted by Gasteiger charge is 2.67. The Morgan fingerprint density at radius 1 is 0.744 bits per heavy atom. The monoisotopic (exact) mass is 540 g/mol. The molecule has 18 unspecified atom stereocenters. The summed E-state index contributed by atoms with van der Waals surface area (Å²) in [5.41, 5.74) is 0. The van der Waals surface area contributed by atoms with Crippen molar-refractivity contribution in [3.8, 4) is 0 Å². The first-order valence-electron chi connectivity index (χ1n) is 16.6. The average molecular weight is 541 g/mol. The van der Waals surface area contributed by atoms with Crippen molar-refractivity contribution >= 4 is 11.9 Å². The van der Waals surface area contributed by atoms with Crippen molar-refractivity contribution in [3.63, 3.8) is 0 Å². The van der Waals surface area contributed by atoms with E-state index >= 15 is 0 Å². The molecule has 0 radical (unpaired) electrons. The van der Waals surface area contributed by atoms with Crippen LogP contribution in [0.4, 0.5) is 0 Å². The predicted molar refractivity (Wildman–Crippen MR) is 143 cm³/mol. The van der Waals surface area contributed by atoms with Gasteiger partial charge in [-0.1, -0.05) is 13.8 Å². The minimum absolute atomic E-state index is 0.102. The maximum atomic E-state index is 13.2. The fraction of sp³-hybridized carbons (Fsp3) is 0.939. The standard InChI is InChI=1S/C33H48O6/c1-3-15(6-14(2)32(36)39-25-11-19-10-22(25)27-17-5-4-16(7-17)26(19)27)33(37)38-13-20-8-18-9-21(20)29-24-12-23(28(18)29)30(34)31(24)35/h14-31,34-35H,3-13H2,1-2H3. The summed E-state index contributed by atoms with van der Waals surface area (Å²) in [6.45, 7) is 4.40. The first kappa shape index (κ1) is 25.6. The number of ether oxygens (including phenoxy) is 2. The smallest absolute Gasteiger partial charge is 0.308 e. The Morgan fingerprint density at radius 2 is 1.41 bits per heavy atom. The minimum atomic E-state index is -0.571. The van der Waals surface area contributed by atoms with Gasteiger partial charge in [0.1, 0.15) is 6.10 Å². The second-order valence-corrected chi connectivity index (χ2v) is 15.6. The van der Waals surface area contributed by atoms with Crippen LogP contribution in [-0.4, -0.2) is 47.1 Å². The Balaban J connectivity index is 0.830. The zero-order valence-corrected chi connectivity index (χ0v) is 23.7. The molecule has 2 N–H and O–H groups in total. The van der Waals surface area contributed by atoms with Gasteiger partial charge >= 0.3 is 11.9 Å². The summed E-state index contributed by atoms with van der Waals surface area (Å²) in [5.74, 6) is 7.13. The molecule has 6 nitrogen and oxygen atoms in total. The minimum Gasteiger partial charge on any atom is -0.465 e. The molecule has 216 valence electrons. The Bertz CT molecular complexity index is 1010. The number of esters is 2. The topological polar surface area (TPSA) is 93.1 Å². The fourth-order valence-electron chi connectivity index (χ4n) is 13.1. The van der Waals surface area contributed by atoms with Crippen LogP contribution in [0.15, 0.2) is 0 Å². The average Bonchev–Trinajstić information content (AvgIpc) is 3.77. The number of aliphatic hydroxyl groups excluding tert-OH is 2.